The number of nitrogens with zero attached hydrogens (tertiary/aromatic N) is 2. The van der Waals surface area contributed by atoms with Crippen LogP contribution < -0.4 is 11.2 Å². The molecule has 0 bridgehead atoms. The lowest BCUT2D eigenvalue weighted by molar-refractivity contribution is -0.121. The third-order valence-corrected chi connectivity index (χ3v) is 3.37. The molecule has 1 unspecified atom stereocenters. The number of nitrogens with two attached hydrogens (primary N) is 1. The van der Waals surface area contributed by atoms with E-state index in [0.717, 1.165) is 11.3 Å². The van der Waals surface area contributed by atoms with Gasteiger partial charge in [-0.2, -0.15) is 5.10 Å². The van der Waals surface area contributed by atoms with E-state index in [1.54, 1.807) is 18.2 Å². The molecule has 112 valence electrons. The summed E-state index contributed by atoms with van der Waals surface area (Å²) in [6.07, 6.45) is 0.388. The van der Waals surface area contributed by atoms with E-state index in [1.807, 2.05) is 25.9 Å². The molecule has 0 fully saturated rings. The molecule has 0 spiro atoms. The van der Waals surface area contributed by atoms with Crippen molar-refractivity contribution in [2.75, 3.05) is 26.4 Å². The first-order chi connectivity index (χ1) is 9.88. The minimum atomic E-state index is -0.0948. The number of likely N-dealkylation sites (N-methyl/N-ethyl adjacent to an activating group) is 1. The van der Waals surface area contributed by atoms with Gasteiger partial charge in [0.15, 0.2) is 5.78 Å². The number of amides is 1. The highest BCUT2D eigenvalue weighted by Gasteiger charge is 2.23. The fourth-order valence-electron chi connectivity index (χ4n) is 2.33. The number of benzene rings is 1. The fourth-order valence-corrected chi connectivity index (χ4v) is 2.33. The molecule has 6 heteroatoms. The predicted octanol–water partition coefficient (Wildman–Crippen LogP) is 0.873. The Kier molecular flexibility index (Phi) is 4.37. The van der Waals surface area contributed by atoms with Crippen molar-refractivity contribution < 1.29 is 9.59 Å². The lowest BCUT2D eigenvalue weighted by Crippen LogP contribution is -2.32. The van der Waals surface area contributed by atoms with Gasteiger partial charge in [0.25, 0.3) is 0 Å². The Morgan fingerprint density at radius 2 is 2.19 bits per heavy atom. The maximum absolute atomic E-state index is 12.0. The summed E-state index contributed by atoms with van der Waals surface area (Å²) in [5.41, 5.74) is 11.1. The standard InChI is InChI=1S/C15H20N4O2/c1-9-6-14(21)17-18-15(9)11-5-4-10(7-12(11)16)13(20)8-19(2)3/h4-5,7,9H,6,8,16H2,1-3H3,(H,17,21). The zero-order valence-corrected chi connectivity index (χ0v) is 12.5. The van der Waals surface area contributed by atoms with E-state index >= 15 is 0 Å². The molecule has 6 nitrogen and oxygen atoms in total. The number of anilines is 1. The number of nitrogen functional groups attached to an aromatic ring is 1. The first-order valence-electron chi connectivity index (χ1n) is 6.82. The van der Waals surface area contributed by atoms with Gasteiger partial charge < -0.3 is 10.6 Å². The second-order valence-corrected chi connectivity index (χ2v) is 5.60. The van der Waals surface area contributed by atoms with E-state index in [1.165, 1.54) is 0 Å². The number of carbonyl (C=O) groups is 2. The largest absolute Gasteiger partial charge is 0.398 e. The highest BCUT2D eigenvalue weighted by Crippen LogP contribution is 2.22. The maximum atomic E-state index is 12.0. The highest BCUT2D eigenvalue weighted by atomic mass is 16.2. The maximum Gasteiger partial charge on any atom is 0.240 e. The Morgan fingerprint density at radius 1 is 1.48 bits per heavy atom. The summed E-state index contributed by atoms with van der Waals surface area (Å²) in [5.74, 6) is -0.0721. The van der Waals surface area contributed by atoms with Crippen LogP contribution in [0.4, 0.5) is 5.69 Å². The number of ketones is 1. The third-order valence-electron chi connectivity index (χ3n) is 3.37. The molecule has 3 N–H and O–H groups in total. The van der Waals surface area contributed by atoms with E-state index in [2.05, 4.69) is 10.5 Å². The van der Waals surface area contributed by atoms with Gasteiger partial charge in [0.2, 0.25) is 5.91 Å². The van der Waals surface area contributed by atoms with Crippen LogP contribution in [-0.4, -0.2) is 42.9 Å². The minimum absolute atomic E-state index is 0.00405. The smallest absolute Gasteiger partial charge is 0.240 e. The molecule has 1 aromatic rings. The number of carbonyl (C=O) groups excluding carboxylic acids is 2. The molecular formula is C15H20N4O2. The van der Waals surface area contributed by atoms with E-state index in [9.17, 15) is 9.59 Å². The van der Waals surface area contributed by atoms with Crippen LogP contribution in [-0.2, 0) is 4.79 Å². The molecule has 1 atom stereocenters. The summed E-state index contributed by atoms with van der Waals surface area (Å²) in [4.78, 5) is 25.1. The van der Waals surface area contributed by atoms with Crippen molar-refractivity contribution >= 4 is 23.1 Å². The van der Waals surface area contributed by atoms with Gasteiger partial charge in [-0.25, -0.2) is 5.43 Å². The van der Waals surface area contributed by atoms with Gasteiger partial charge in [0.1, 0.15) is 0 Å². The molecule has 0 saturated carbocycles. The molecule has 2 rings (SSSR count). The zero-order chi connectivity index (χ0) is 15.6. The first kappa shape index (κ1) is 15.2. The summed E-state index contributed by atoms with van der Waals surface area (Å²) < 4.78 is 0. The Balaban J connectivity index is 2.28. The van der Waals surface area contributed by atoms with Crippen LogP contribution in [0.2, 0.25) is 0 Å². The highest BCUT2D eigenvalue weighted by molar-refractivity contribution is 6.10. The van der Waals surface area contributed by atoms with Crippen LogP contribution in [0.5, 0.6) is 0 Å². The molecule has 0 saturated heterocycles. The summed E-state index contributed by atoms with van der Waals surface area (Å²) in [6, 6.07) is 5.22. The molecule has 1 heterocycles. The molecule has 1 amide bonds. The quantitative estimate of drug-likeness (QED) is 0.636. The average Bonchev–Trinajstić information content (AvgIpc) is 2.38. The van der Waals surface area contributed by atoms with Crippen molar-refractivity contribution in [2.24, 2.45) is 11.0 Å². The van der Waals surface area contributed by atoms with Gasteiger partial charge in [-0.1, -0.05) is 19.1 Å². The summed E-state index contributed by atoms with van der Waals surface area (Å²) in [5, 5.41) is 4.09. The molecule has 1 aliphatic rings. The molecule has 1 aromatic carbocycles. The molecule has 0 radical (unpaired) electrons. The molecule has 1 aliphatic heterocycles. The van der Waals surface area contributed by atoms with Crippen molar-refractivity contribution in [3.8, 4) is 0 Å². The molecular weight excluding hydrogens is 268 g/mol. The van der Waals surface area contributed by atoms with Gasteiger partial charge in [0, 0.05) is 29.2 Å². The van der Waals surface area contributed by atoms with E-state index in [4.69, 9.17) is 5.73 Å². The van der Waals surface area contributed by atoms with E-state index in [-0.39, 0.29) is 17.6 Å². The van der Waals surface area contributed by atoms with Gasteiger partial charge in [-0.05, 0) is 20.2 Å². The van der Waals surface area contributed by atoms with Gasteiger partial charge in [-0.3, -0.25) is 9.59 Å². The van der Waals surface area contributed by atoms with Crippen molar-refractivity contribution in [1.82, 2.24) is 10.3 Å². The Morgan fingerprint density at radius 3 is 2.76 bits per heavy atom. The summed E-state index contributed by atoms with van der Waals surface area (Å²) in [7, 11) is 3.69. The average molecular weight is 288 g/mol. The van der Waals surface area contributed by atoms with Crippen molar-refractivity contribution in [1.29, 1.82) is 0 Å². The van der Waals surface area contributed by atoms with Crippen LogP contribution in [0.1, 0.15) is 29.3 Å². The number of hydrazone groups is 1. The second kappa shape index (κ2) is 6.05. The Hall–Kier alpha value is -2.21. The Bertz CT molecular complexity index is 608. The number of hydrogen-bond donors (Lipinski definition) is 2. The monoisotopic (exact) mass is 288 g/mol. The van der Waals surface area contributed by atoms with Crippen molar-refractivity contribution in [3.05, 3.63) is 29.3 Å². The van der Waals surface area contributed by atoms with E-state index in [0.29, 0.717) is 24.2 Å². The number of nitrogens with one attached hydrogen (secondary N) is 1. The topological polar surface area (TPSA) is 87.8 Å². The van der Waals surface area contributed by atoms with Crippen LogP contribution in [0.15, 0.2) is 23.3 Å². The lowest BCUT2D eigenvalue weighted by atomic mass is 9.92. The van der Waals surface area contributed by atoms with Crippen LogP contribution in [0.3, 0.4) is 0 Å². The lowest BCUT2D eigenvalue weighted by Gasteiger charge is -2.20. The number of hydrogen-bond acceptors (Lipinski definition) is 5. The summed E-state index contributed by atoms with van der Waals surface area (Å²) >= 11 is 0. The Labute approximate surface area is 124 Å². The molecule has 0 aromatic heterocycles. The van der Waals surface area contributed by atoms with Gasteiger partial charge >= 0.3 is 0 Å². The SMILES string of the molecule is CC1CC(=O)NN=C1c1ccc(C(=O)CN(C)C)cc1N. The number of Topliss-reactive ketones (excluding diaryl/α,β-unsaturated/α-hetero) is 1. The van der Waals surface area contributed by atoms with E-state index < -0.39 is 0 Å². The van der Waals surface area contributed by atoms with Gasteiger partial charge in [0.05, 0.1) is 12.3 Å². The fraction of sp³-hybridized carbons (Fsp3) is 0.400. The minimum Gasteiger partial charge on any atom is -0.398 e. The third kappa shape index (κ3) is 3.46. The van der Waals surface area contributed by atoms with Crippen molar-refractivity contribution in [2.45, 2.75) is 13.3 Å². The van der Waals surface area contributed by atoms with Crippen molar-refractivity contribution in [3.63, 3.8) is 0 Å². The molecule has 21 heavy (non-hydrogen) atoms. The second-order valence-electron chi connectivity index (χ2n) is 5.60. The van der Waals surface area contributed by atoms with Crippen LogP contribution in [0.25, 0.3) is 0 Å². The summed E-state index contributed by atoms with van der Waals surface area (Å²) in [6.45, 7) is 2.27. The zero-order valence-electron chi connectivity index (χ0n) is 12.5. The van der Waals surface area contributed by atoms with Gasteiger partial charge in [-0.15, -0.1) is 0 Å². The number of rotatable bonds is 4. The molecule has 0 aliphatic carbocycles. The normalized spacial score (nSPS) is 18.4. The first-order valence-corrected chi connectivity index (χ1v) is 6.82. The predicted molar refractivity (Wildman–Crippen MR) is 82.2 cm³/mol. The van der Waals surface area contributed by atoms with Crippen LogP contribution in [0, 0.1) is 5.92 Å². The van der Waals surface area contributed by atoms with Crippen LogP contribution >= 0.6 is 0 Å².